The third-order valence-corrected chi connectivity index (χ3v) is 3.21. The first kappa shape index (κ1) is 13.5. The first-order chi connectivity index (χ1) is 9.02. The van der Waals surface area contributed by atoms with Crippen molar-refractivity contribution in [3.8, 4) is 11.3 Å². The van der Waals surface area contributed by atoms with E-state index in [2.05, 4.69) is 62.3 Å². The van der Waals surface area contributed by atoms with Crippen LogP contribution >= 0.6 is 0 Å². The number of nitrogens with zero attached hydrogens (tertiary/aromatic N) is 2. The molecule has 0 fully saturated rings. The summed E-state index contributed by atoms with van der Waals surface area (Å²) in [6, 6.07) is 8.44. The van der Waals surface area contributed by atoms with Gasteiger partial charge in [0.2, 0.25) is 0 Å². The Kier molecular flexibility index (Phi) is 3.84. The molecule has 0 aliphatic rings. The molecule has 0 spiro atoms. The van der Waals surface area contributed by atoms with Gasteiger partial charge < -0.3 is 5.32 Å². The van der Waals surface area contributed by atoms with Gasteiger partial charge in [0.15, 0.2) is 0 Å². The Morgan fingerprint density at radius 1 is 1.11 bits per heavy atom. The van der Waals surface area contributed by atoms with Crippen molar-refractivity contribution >= 4 is 5.82 Å². The monoisotopic (exact) mass is 255 g/mol. The summed E-state index contributed by atoms with van der Waals surface area (Å²) in [6.07, 6.45) is 0. The minimum absolute atomic E-state index is 0.316. The lowest BCUT2D eigenvalue weighted by molar-refractivity contribution is 0.775. The van der Waals surface area contributed by atoms with Gasteiger partial charge in [0.05, 0.1) is 5.69 Å². The van der Waals surface area contributed by atoms with E-state index in [9.17, 15) is 0 Å². The smallest absolute Gasteiger partial charge is 0.133 e. The maximum absolute atomic E-state index is 4.74. The third-order valence-electron chi connectivity index (χ3n) is 3.21. The second kappa shape index (κ2) is 5.39. The van der Waals surface area contributed by atoms with Crippen LogP contribution in [0.1, 0.15) is 36.7 Å². The van der Waals surface area contributed by atoms with Crippen LogP contribution in [0.4, 0.5) is 5.82 Å². The Labute approximate surface area is 115 Å². The molecule has 2 rings (SSSR count). The zero-order valence-electron chi connectivity index (χ0n) is 12.3. The fourth-order valence-electron chi connectivity index (χ4n) is 2.11. The number of anilines is 1. The molecule has 0 aliphatic heterocycles. The van der Waals surface area contributed by atoms with Gasteiger partial charge in [-0.3, -0.25) is 0 Å². The molecule has 1 heterocycles. The highest BCUT2D eigenvalue weighted by Gasteiger charge is 2.13. The van der Waals surface area contributed by atoms with Crippen LogP contribution < -0.4 is 5.32 Å². The molecule has 100 valence electrons. The molecule has 1 aromatic carbocycles. The Hall–Kier alpha value is -1.90. The van der Waals surface area contributed by atoms with Crippen molar-refractivity contribution in [1.29, 1.82) is 0 Å². The zero-order valence-corrected chi connectivity index (χ0v) is 12.3. The molecule has 0 radical (unpaired) electrons. The minimum Gasteiger partial charge on any atom is -0.373 e. The van der Waals surface area contributed by atoms with Crippen LogP contribution in [0.2, 0.25) is 0 Å². The molecule has 1 aromatic heterocycles. The SMILES string of the molecule is CNc1nc(C(C)C)nc(-c2cccc(C)c2)c1C. The van der Waals surface area contributed by atoms with Crippen LogP contribution in [-0.2, 0) is 0 Å². The van der Waals surface area contributed by atoms with Crippen molar-refractivity contribution in [2.24, 2.45) is 0 Å². The molecule has 19 heavy (non-hydrogen) atoms. The Balaban J connectivity index is 2.64. The maximum Gasteiger partial charge on any atom is 0.133 e. The quantitative estimate of drug-likeness (QED) is 0.903. The normalized spacial score (nSPS) is 10.8. The average molecular weight is 255 g/mol. The second-order valence-electron chi connectivity index (χ2n) is 5.18. The molecule has 0 atom stereocenters. The number of hydrogen-bond acceptors (Lipinski definition) is 3. The highest BCUT2D eigenvalue weighted by Crippen LogP contribution is 2.27. The van der Waals surface area contributed by atoms with E-state index in [1.807, 2.05) is 7.05 Å². The Morgan fingerprint density at radius 2 is 1.84 bits per heavy atom. The molecule has 1 N–H and O–H groups in total. The van der Waals surface area contributed by atoms with E-state index >= 15 is 0 Å². The molecule has 3 nitrogen and oxygen atoms in total. The molecular weight excluding hydrogens is 234 g/mol. The zero-order chi connectivity index (χ0) is 14.0. The molecule has 3 heteroatoms. The summed E-state index contributed by atoms with van der Waals surface area (Å²) in [7, 11) is 1.90. The van der Waals surface area contributed by atoms with Gasteiger partial charge in [0.25, 0.3) is 0 Å². The summed E-state index contributed by atoms with van der Waals surface area (Å²) in [6.45, 7) is 8.39. The summed E-state index contributed by atoms with van der Waals surface area (Å²) < 4.78 is 0. The van der Waals surface area contributed by atoms with E-state index in [0.717, 1.165) is 28.5 Å². The molecular formula is C16H21N3. The van der Waals surface area contributed by atoms with Crippen molar-refractivity contribution in [3.63, 3.8) is 0 Å². The van der Waals surface area contributed by atoms with Gasteiger partial charge in [-0.2, -0.15) is 0 Å². The Morgan fingerprint density at radius 3 is 2.42 bits per heavy atom. The van der Waals surface area contributed by atoms with Crippen molar-refractivity contribution < 1.29 is 0 Å². The van der Waals surface area contributed by atoms with Crippen LogP contribution in [0.5, 0.6) is 0 Å². The summed E-state index contributed by atoms with van der Waals surface area (Å²) in [5.74, 6) is 2.11. The van der Waals surface area contributed by atoms with Crippen LogP contribution in [-0.4, -0.2) is 17.0 Å². The fourth-order valence-corrected chi connectivity index (χ4v) is 2.11. The highest BCUT2D eigenvalue weighted by molar-refractivity contribution is 5.68. The summed E-state index contributed by atoms with van der Waals surface area (Å²) >= 11 is 0. The first-order valence-electron chi connectivity index (χ1n) is 6.66. The van der Waals surface area contributed by atoms with Crippen LogP contribution in [0, 0.1) is 13.8 Å². The number of rotatable bonds is 3. The van der Waals surface area contributed by atoms with E-state index in [4.69, 9.17) is 4.98 Å². The third kappa shape index (κ3) is 2.75. The van der Waals surface area contributed by atoms with E-state index in [0.29, 0.717) is 5.92 Å². The number of hydrogen-bond donors (Lipinski definition) is 1. The van der Waals surface area contributed by atoms with Gasteiger partial charge in [0, 0.05) is 24.1 Å². The van der Waals surface area contributed by atoms with Crippen LogP contribution in [0.15, 0.2) is 24.3 Å². The van der Waals surface area contributed by atoms with E-state index in [1.165, 1.54) is 5.56 Å². The number of benzene rings is 1. The molecule has 0 saturated heterocycles. The molecule has 2 aromatic rings. The van der Waals surface area contributed by atoms with Crippen molar-refractivity contribution in [3.05, 3.63) is 41.2 Å². The van der Waals surface area contributed by atoms with Gasteiger partial charge in [-0.05, 0) is 19.9 Å². The van der Waals surface area contributed by atoms with Crippen molar-refractivity contribution in [1.82, 2.24) is 9.97 Å². The lowest BCUT2D eigenvalue weighted by atomic mass is 10.0. The maximum atomic E-state index is 4.74. The summed E-state index contributed by atoms with van der Waals surface area (Å²) in [5.41, 5.74) is 4.51. The standard InChI is InChI=1S/C16H21N3/c1-10(2)15-18-14(12(4)16(17-5)19-15)13-8-6-7-11(3)9-13/h6-10H,1-5H3,(H,17,18,19). The van der Waals surface area contributed by atoms with Gasteiger partial charge in [-0.1, -0.05) is 37.6 Å². The summed E-state index contributed by atoms with van der Waals surface area (Å²) in [4.78, 5) is 9.32. The number of aromatic nitrogens is 2. The topological polar surface area (TPSA) is 37.8 Å². The molecule has 0 amide bonds. The largest absolute Gasteiger partial charge is 0.373 e. The minimum atomic E-state index is 0.316. The molecule has 0 bridgehead atoms. The van der Waals surface area contributed by atoms with Gasteiger partial charge in [0.1, 0.15) is 11.6 Å². The van der Waals surface area contributed by atoms with Gasteiger partial charge >= 0.3 is 0 Å². The van der Waals surface area contributed by atoms with Gasteiger partial charge in [-0.15, -0.1) is 0 Å². The summed E-state index contributed by atoms with van der Waals surface area (Å²) in [5, 5.41) is 3.16. The predicted molar refractivity (Wildman–Crippen MR) is 80.6 cm³/mol. The first-order valence-corrected chi connectivity index (χ1v) is 6.66. The predicted octanol–water partition coefficient (Wildman–Crippen LogP) is 3.93. The van der Waals surface area contributed by atoms with Gasteiger partial charge in [-0.25, -0.2) is 9.97 Å². The fraction of sp³-hybridized carbons (Fsp3) is 0.375. The lowest BCUT2D eigenvalue weighted by Crippen LogP contribution is -2.06. The second-order valence-corrected chi connectivity index (χ2v) is 5.18. The number of nitrogens with one attached hydrogen (secondary N) is 1. The van der Waals surface area contributed by atoms with E-state index < -0.39 is 0 Å². The highest BCUT2D eigenvalue weighted by atomic mass is 15.0. The number of aryl methyl sites for hydroxylation is 1. The van der Waals surface area contributed by atoms with Crippen LogP contribution in [0.25, 0.3) is 11.3 Å². The molecule has 0 unspecified atom stereocenters. The lowest BCUT2D eigenvalue weighted by Gasteiger charge is -2.14. The van der Waals surface area contributed by atoms with Crippen molar-refractivity contribution in [2.75, 3.05) is 12.4 Å². The van der Waals surface area contributed by atoms with Crippen LogP contribution in [0.3, 0.4) is 0 Å². The average Bonchev–Trinajstić information content (AvgIpc) is 2.38. The molecule has 0 saturated carbocycles. The van der Waals surface area contributed by atoms with Crippen molar-refractivity contribution in [2.45, 2.75) is 33.6 Å². The van der Waals surface area contributed by atoms with E-state index in [1.54, 1.807) is 0 Å². The van der Waals surface area contributed by atoms with E-state index in [-0.39, 0.29) is 0 Å². The Bertz CT molecular complexity index is 589. The molecule has 0 aliphatic carbocycles.